The number of rotatable bonds is 3. The quantitative estimate of drug-likeness (QED) is 0.531. The number of carbonyl (C=O) groups is 1. The molecular formula is C11H18N2O2. The van der Waals surface area contributed by atoms with Crippen LogP contribution in [0, 0.1) is 17.4 Å². The highest BCUT2D eigenvalue weighted by Gasteiger charge is 2.26. The summed E-state index contributed by atoms with van der Waals surface area (Å²) in [4.78, 5) is 12.6. The standard InChI is InChI=1S/C11H18N2O2/c1-11(2,3)15-10(14)13(8-12)7-6-9-4-5-9/h9H,4-7H2,1-3H3. The number of nitriles is 1. The highest BCUT2D eigenvalue weighted by atomic mass is 16.6. The summed E-state index contributed by atoms with van der Waals surface area (Å²) in [6, 6.07) is 0. The van der Waals surface area contributed by atoms with E-state index in [9.17, 15) is 4.79 Å². The third kappa shape index (κ3) is 4.68. The molecule has 0 aromatic rings. The first kappa shape index (κ1) is 11.8. The Morgan fingerprint density at radius 1 is 1.53 bits per heavy atom. The molecule has 0 radical (unpaired) electrons. The molecule has 1 aliphatic rings. The van der Waals surface area contributed by atoms with Gasteiger partial charge in [-0.15, -0.1) is 0 Å². The summed E-state index contributed by atoms with van der Waals surface area (Å²) in [5.41, 5.74) is -0.536. The van der Waals surface area contributed by atoms with Crippen LogP contribution in [0.1, 0.15) is 40.0 Å². The van der Waals surface area contributed by atoms with Crippen LogP contribution in [-0.2, 0) is 4.74 Å². The van der Waals surface area contributed by atoms with Gasteiger partial charge in [-0.1, -0.05) is 12.8 Å². The van der Waals surface area contributed by atoms with Crippen molar-refractivity contribution in [1.29, 1.82) is 5.26 Å². The van der Waals surface area contributed by atoms with Crippen LogP contribution in [0.25, 0.3) is 0 Å². The van der Waals surface area contributed by atoms with E-state index < -0.39 is 11.7 Å². The van der Waals surface area contributed by atoms with Crippen LogP contribution in [0.4, 0.5) is 4.79 Å². The molecule has 4 heteroatoms. The summed E-state index contributed by atoms with van der Waals surface area (Å²) in [6.45, 7) is 5.86. The van der Waals surface area contributed by atoms with Gasteiger partial charge in [0.2, 0.25) is 0 Å². The Morgan fingerprint density at radius 3 is 2.53 bits per heavy atom. The molecule has 0 saturated heterocycles. The molecule has 0 heterocycles. The van der Waals surface area contributed by atoms with Crippen molar-refractivity contribution in [2.45, 2.75) is 45.6 Å². The largest absolute Gasteiger partial charge is 0.443 e. The van der Waals surface area contributed by atoms with Crippen LogP contribution < -0.4 is 0 Å². The predicted octanol–water partition coefficient (Wildman–Crippen LogP) is 2.50. The number of nitrogens with zero attached hydrogens (tertiary/aromatic N) is 2. The van der Waals surface area contributed by atoms with Crippen LogP contribution in [-0.4, -0.2) is 23.1 Å². The second-order valence-electron chi connectivity index (χ2n) is 4.96. The van der Waals surface area contributed by atoms with Gasteiger partial charge in [0.25, 0.3) is 0 Å². The number of hydrogen-bond donors (Lipinski definition) is 0. The lowest BCUT2D eigenvalue weighted by Crippen LogP contribution is -2.34. The molecule has 0 N–H and O–H groups in total. The molecule has 0 aromatic heterocycles. The molecule has 4 nitrogen and oxygen atoms in total. The number of hydrogen-bond acceptors (Lipinski definition) is 3. The smallest absolute Gasteiger partial charge is 0.423 e. The van der Waals surface area contributed by atoms with Gasteiger partial charge >= 0.3 is 6.09 Å². The first-order chi connectivity index (χ1) is 6.92. The molecule has 0 unspecified atom stereocenters. The van der Waals surface area contributed by atoms with Gasteiger partial charge in [-0.05, 0) is 33.1 Å². The summed E-state index contributed by atoms with van der Waals surface area (Å²) in [5.74, 6) is 0.711. The van der Waals surface area contributed by atoms with Gasteiger partial charge in [0.1, 0.15) is 5.60 Å². The van der Waals surface area contributed by atoms with Gasteiger partial charge in [-0.25, -0.2) is 9.69 Å². The van der Waals surface area contributed by atoms with Gasteiger partial charge in [0.05, 0.1) is 0 Å². The molecule has 1 amide bonds. The Labute approximate surface area is 90.8 Å². The first-order valence-corrected chi connectivity index (χ1v) is 5.32. The van der Waals surface area contributed by atoms with Crippen LogP contribution in [0.5, 0.6) is 0 Å². The fraction of sp³-hybridized carbons (Fsp3) is 0.818. The van der Waals surface area contributed by atoms with E-state index in [1.54, 1.807) is 20.8 Å². The van der Waals surface area contributed by atoms with Crippen molar-refractivity contribution in [2.24, 2.45) is 5.92 Å². The maximum Gasteiger partial charge on any atom is 0.423 e. The summed E-state index contributed by atoms with van der Waals surface area (Å²) >= 11 is 0. The second kappa shape index (κ2) is 4.52. The van der Waals surface area contributed by atoms with Crippen molar-refractivity contribution >= 4 is 6.09 Å². The molecule has 1 rings (SSSR count). The highest BCUT2D eigenvalue weighted by Crippen LogP contribution is 2.32. The van der Waals surface area contributed by atoms with Gasteiger partial charge in [-0.2, -0.15) is 5.26 Å². The number of amides is 1. The van der Waals surface area contributed by atoms with Crippen molar-refractivity contribution in [3.8, 4) is 6.19 Å². The maximum atomic E-state index is 11.5. The minimum absolute atomic E-state index is 0.482. The Hall–Kier alpha value is -1.24. The summed E-state index contributed by atoms with van der Waals surface area (Å²) in [7, 11) is 0. The van der Waals surface area contributed by atoms with Gasteiger partial charge in [0, 0.05) is 6.54 Å². The van der Waals surface area contributed by atoms with Crippen LogP contribution in [0.2, 0.25) is 0 Å². The van der Waals surface area contributed by atoms with E-state index in [0.717, 1.165) is 11.3 Å². The molecule has 84 valence electrons. The van der Waals surface area contributed by atoms with Crippen LogP contribution in [0.15, 0.2) is 0 Å². The van der Waals surface area contributed by atoms with Gasteiger partial charge in [0.15, 0.2) is 6.19 Å². The zero-order chi connectivity index (χ0) is 11.5. The Balaban J connectivity index is 2.36. The van der Waals surface area contributed by atoms with Crippen LogP contribution in [0.3, 0.4) is 0 Å². The molecule has 0 atom stereocenters. The Kier molecular flexibility index (Phi) is 3.57. The van der Waals surface area contributed by atoms with Crippen molar-refractivity contribution in [3.05, 3.63) is 0 Å². The lowest BCUT2D eigenvalue weighted by atomic mass is 10.2. The maximum absolute atomic E-state index is 11.5. The molecule has 1 saturated carbocycles. The topological polar surface area (TPSA) is 53.3 Å². The van der Waals surface area contributed by atoms with Gasteiger partial charge < -0.3 is 4.74 Å². The molecule has 0 spiro atoms. The van der Waals surface area contributed by atoms with Crippen LogP contribution >= 0.6 is 0 Å². The molecular weight excluding hydrogens is 192 g/mol. The van der Waals surface area contributed by atoms with E-state index in [2.05, 4.69) is 0 Å². The minimum atomic E-state index is -0.536. The van der Waals surface area contributed by atoms with E-state index >= 15 is 0 Å². The third-order valence-corrected chi connectivity index (χ3v) is 2.19. The minimum Gasteiger partial charge on any atom is -0.443 e. The zero-order valence-corrected chi connectivity index (χ0v) is 9.62. The fourth-order valence-corrected chi connectivity index (χ4v) is 1.22. The summed E-state index contributed by atoms with van der Waals surface area (Å²) in [6.07, 6.45) is 4.70. The summed E-state index contributed by atoms with van der Waals surface area (Å²) in [5, 5.41) is 8.80. The third-order valence-electron chi connectivity index (χ3n) is 2.19. The van der Waals surface area contributed by atoms with Gasteiger partial charge in [-0.3, -0.25) is 0 Å². The molecule has 0 aromatic carbocycles. The lowest BCUT2D eigenvalue weighted by Gasteiger charge is -2.22. The molecule has 15 heavy (non-hydrogen) atoms. The number of ether oxygens (including phenoxy) is 1. The molecule has 1 aliphatic carbocycles. The molecule has 0 aliphatic heterocycles. The summed E-state index contributed by atoms with van der Waals surface area (Å²) < 4.78 is 5.11. The number of carbonyl (C=O) groups excluding carboxylic acids is 1. The first-order valence-electron chi connectivity index (χ1n) is 5.32. The Morgan fingerprint density at radius 2 is 2.13 bits per heavy atom. The van der Waals surface area contributed by atoms with E-state index in [0.29, 0.717) is 12.5 Å². The lowest BCUT2D eigenvalue weighted by molar-refractivity contribution is 0.0346. The van der Waals surface area contributed by atoms with E-state index in [1.807, 2.05) is 6.19 Å². The van der Waals surface area contributed by atoms with E-state index in [1.165, 1.54) is 12.8 Å². The average molecular weight is 210 g/mol. The van der Waals surface area contributed by atoms with Crippen molar-refractivity contribution < 1.29 is 9.53 Å². The molecule has 1 fully saturated rings. The highest BCUT2D eigenvalue weighted by molar-refractivity contribution is 5.69. The van der Waals surface area contributed by atoms with E-state index in [4.69, 9.17) is 10.00 Å². The Bertz CT molecular complexity index is 271. The predicted molar refractivity (Wildman–Crippen MR) is 55.9 cm³/mol. The second-order valence-corrected chi connectivity index (χ2v) is 4.96. The molecule has 0 bridgehead atoms. The SMILES string of the molecule is CC(C)(C)OC(=O)N(C#N)CCC1CC1. The normalized spacial score (nSPS) is 15.6. The average Bonchev–Trinajstić information content (AvgIpc) is 2.85. The van der Waals surface area contributed by atoms with E-state index in [-0.39, 0.29) is 0 Å². The monoisotopic (exact) mass is 210 g/mol. The van der Waals surface area contributed by atoms with Crippen molar-refractivity contribution in [1.82, 2.24) is 4.90 Å². The van der Waals surface area contributed by atoms with Crippen molar-refractivity contribution in [2.75, 3.05) is 6.54 Å². The van der Waals surface area contributed by atoms with Crippen molar-refractivity contribution in [3.63, 3.8) is 0 Å². The zero-order valence-electron chi connectivity index (χ0n) is 9.62. The fourth-order valence-electron chi connectivity index (χ4n) is 1.22.